The van der Waals surface area contributed by atoms with Crippen LogP contribution in [0.3, 0.4) is 0 Å². The van der Waals surface area contributed by atoms with Crippen molar-refractivity contribution in [2.24, 2.45) is 11.8 Å². The molecule has 0 bridgehead atoms. The average molecular weight is 230 g/mol. The molecule has 0 aliphatic carbocycles. The number of piperidine rings is 1. The van der Waals surface area contributed by atoms with E-state index in [1.54, 1.807) is 0 Å². The van der Waals surface area contributed by atoms with Crippen molar-refractivity contribution in [3.63, 3.8) is 0 Å². The molecule has 92 valence electrons. The number of nitrogens with one attached hydrogen (secondary N) is 2. The molecule has 0 aromatic rings. The summed E-state index contributed by atoms with van der Waals surface area (Å²) in [5, 5.41) is 6.14. The van der Waals surface area contributed by atoms with Gasteiger partial charge in [0.1, 0.15) is 0 Å². The molecule has 0 radical (unpaired) electrons. The number of hydrogen-bond donors (Lipinski definition) is 2. The molecule has 0 aromatic heterocycles. The van der Waals surface area contributed by atoms with E-state index in [4.69, 9.17) is 0 Å². The minimum atomic E-state index is -2.64. The van der Waals surface area contributed by atoms with Crippen molar-refractivity contribution in [1.82, 2.24) is 10.6 Å². The normalized spacial score (nSPS) is 35.8. The van der Waals surface area contributed by atoms with E-state index in [2.05, 4.69) is 23.6 Å². The lowest BCUT2D eigenvalue weighted by Gasteiger charge is -2.38. The molecule has 2 aliphatic heterocycles. The van der Waals surface area contributed by atoms with Crippen LogP contribution in [0.2, 0.25) is 0 Å². The van der Waals surface area contributed by atoms with Gasteiger partial charge in [-0.25, -0.2) is 8.78 Å². The Balaban J connectivity index is 2.09. The monoisotopic (exact) mass is 230 g/mol. The lowest BCUT2D eigenvalue weighted by atomic mass is 9.81. The Labute approximate surface area is 95.5 Å². The Hall–Kier alpha value is -0.480. The van der Waals surface area contributed by atoms with Gasteiger partial charge >= 0.3 is 0 Å². The van der Waals surface area contributed by atoms with Crippen molar-refractivity contribution < 1.29 is 8.78 Å². The second-order valence-corrected chi connectivity index (χ2v) is 5.28. The molecule has 3 atom stereocenters. The molecule has 0 aromatic carbocycles. The molecule has 2 nitrogen and oxygen atoms in total. The maximum atomic E-state index is 13.5. The van der Waals surface area contributed by atoms with Gasteiger partial charge in [0.05, 0.1) is 6.04 Å². The lowest BCUT2D eigenvalue weighted by molar-refractivity contribution is -0.0440. The number of hydrogen-bond acceptors (Lipinski definition) is 2. The molecule has 4 heteroatoms. The Morgan fingerprint density at radius 2 is 2.06 bits per heavy atom. The van der Waals surface area contributed by atoms with E-state index in [1.165, 1.54) is 5.57 Å². The first-order chi connectivity index (χ1) is 7.47. The van der Waals surface area contributed by atoms with Gasteiger partial charge in [0.25, 0.3) is 5.92 Å². The third kappa shape index (κ3) is 2.61. The zero-order valence-electron chi connectivity index (χ0n) is 9.89. The number of rotatable bonds is 2. The number of halogens is 2. The van der Waals surface area contributed by atoms with E-state index >= 15 is 0 Å². The zero-order valence-corrected chi connectivity index (χ0v) is 9.89. The van der Waals surface area contributed by atoms with Crippen molar-refractivity contribution in [2.75, 3.05) is 19.6 Å². The molecule has 2 fully saturated rings. The molecule has 0 spiro atoms. The summed E-state index contributed by atoms with van der Waals surface area (Å²) in [5.41, 5.74) is 1.27. The van der Waals surface area contributed by atoms with Crippen LogP contribution in [-0.2, 0) is 0 Å². The summed E-state index contributed by atoms with van der Waals surface area (Å²) < 4.78 is 26.9. The van der Waals surface area contributed by atoms with Crippen LogP contribution in [0.1, 0.15) is 20.3 Å². The molecule has 2 N–H and O–H groups in total. The first-order valence-corrected chi connectivity index (χ1v) is 5.98. The van der Waals surface area contributed by atoms with Crippen molar-refractivity contribution in [1.29, 1.82) is 0 Å². The maximum absolute atomic E-state index is 13.5. The highest BCUT2D eigenvalue weighted by Gasteiger charge is 2.41. The minimum Gasteiger partial charge on any atom is -0.309 e. The predicted octanol–water partition coefficient (Wildman–Crippen LogP) is 1.79. The van der Waals surface area contributed by atoms with E-state index in [0.717, 1.165) is 26.4 Å². The van der Waals surface area contributed by atoms with Crippen molar-refractivity contribution in [2.45, 2.75) is 32.2 Å². The van der Waals surface area contributed by atoms with Crippen molar-refractivity contribution in [3.8, 4) is 0 Å². The van der Waals surface area contributed by atoms with E-state index in [9.17, 15) is 8.78 Å². The van der Waals surface area contributed by atoms with Crippen LogP contribution in [0.15, 0.2) is 11.6 Å². The molecule has 0 saturated carbocycles. The summed E-state index contributed by atoms with van der Waals surface area (Å²) in [6, 6.07) is -0.697. The summed E-state index contributed by atoms with van der Waals surface area (Å²) >= 11 is 0. The molecular formula is C12H20F2N2. The SMILES string of the molecule is CC1CNC(C(C)(F)F)C(C=C2CNC2)C1. The fourth-order valence-electron chi connectivity index (χ4n) is 2.57. The van der Waals surface area contributed by atoms with Gasteiger partial charge in [0, 0.05) is 20.0 Å². The topological polar surface area (TPSA) is 24.1 Å². The molecule has 0 amide bonds. The van der Waals surface area contributed by atoms with Gasteiger partial charge in [-0.1, -0.05) is 13.0 Å². The maximum Gasteiger partial charge on any atom is 0.260 e. The molecule has 2 aliphatic rings. The minimum absolute atomic E-state index is 0.0270. The second kappa shape index (κ2) is 4.41. The van der Waals surface area contributed by atoms with E-state index in [1.807, 2.05) is 0 Å². The molecule has 3 unspecified atom stereocenters. The van der Waals surface area contributed by atoms with E-state index in [-0.39, 0.29) is 5.92 Å². The van der Waals surface area contributed by atoms with Crippen LogP contribution in [0, 0.1) is 11.8 Å². The zero-order chi connectivity index (χ0) is 11.8. The molecule has 16 heavy (non-hydrogen) atoms. The van der Waals surface area contributed by atoms with Crippen LogP contribution in [0.25, 0.3) is 0 Å². The van der Waals surface area contributed by atoms with Gasteiger partial charge in [0.2, 0.25) is 0 Å². The third-order valence-electron chi connectivity index (χ3n) is 3.49. The summed E-state index contributed by atoms with van der Waals surface area (Å²) in [6.07, 6.45) is 2.92. The van der Waals surface area contributed by atoms with Gasteiger partial charge in [-0.05, 0) is 30.4 Å². The fourth-order valence-corrected chi connectivity index (χ4v) is 2.57. The summed E-state index contributed by atoms with van der Waals surface area (Å²) in [7, 11) is 0. The lowest BCUT2D eigenvalue weighted by Crippen LogP contribution is -2.53. The van der Waals surface area contributed by atoms with E-state index < -0.39 is 12.0 Å². The summed E-state index contributed by atoms with van der Waals surface area (Å²) in [5.74, 6) is -2.19. The van der Waals surface area contributed by atoms with Crippen LogP contribution < -0.4 is 10.6 Å². The van der Waals surface area contributed by atoms with Crippen LogP contribution in [0.4, 0.5) is 8.78 Å². The summed E-state index contributed by atoms with van der Waals surface area (Å²) in [6.45, 7) is 5.57. The highest BCUT2D eigenvalue weighted by molar-refractivity contribution is 5.17. The van der Waals surface area contributed by atoms with Crippen LogP contribution in [0.5, 0.6) is 0 Å². The molecule has 2 heterocycles. The largest absolute Gasteiger partial charge is 0.309 e. The van der Waals surface area contributed by atoms with Crippen LogP contribution >= 0.6 is 0 Å². The third-order valence-corrected chi connectivity index (χ3v) is 3.49. The van der Waals surface area contributed by atoms with Crippen molar-refractivity contribution >= 4 is 0 Å². The average Bonchev–Trinajstić information content (AvgIpc) is 2.09. The Morgan fingerprint density at radius 3 is 2.56 bits per heavy atom. The predicted molar refractivity (Wildman–Crippen MR) is 60.6 cm³/mol. The quantitative estimate of drug-likeness (QED) is 0.707. The second-order valence-electron chi connectivity index (χ2n) is 5.28. The smallest absolute Gasteiger partial charge is 0.260 e. The number of alkyl halides is 2. The van der Waals surface area contributed by atoms with E-state index in [0.29, 0.717) is 12.5 Å². The first kappa shape index (κ1) is 12.0. The summed E-state index contributed by atoms with van der Waals surface area (Å²) in [4.78, 5) is 0. The van der Waals surface area contributed by atoms with Gasteiger partial charge < -0.3 is 10.6 Å². The Morgan fingerprint density at radius 1 is 1.38 bits per heavy atom. The molecule has 2 rings (SSSR count). The van der Waals surface area contributed by atoms with Gasteiger partial charge in [-0.3, -0.25) is 0 Å². The Bertz CT molecular complexity index is 277. The van der Waals surface area contributed by atoms with Gasteiger partial charge in [0.15, 0.2) is 0 Å². The van der Waals surface area contributed by atoms with Gasteiger partial charge in [-0.15, -0.1) is 0 Å². The van der Waals surface area contributed by atoms with Gasteiger partial charge in [-0.2, -0.15) is 0 Å². The fraction of sp³-hybridized carbons (Fsp3) is 0.833. The first-order valence-electron chi connectivity index (χ1n) is 5.98. The van der Waals surface area contributed by atoms with Crippen molar-refractivity contribution in [3.05, 3.63) is 11.6 Å². The molecular weight excluding hydrogens is 210 g/mol. The molecule has 2 saturated heterocycles. The van der Waals surface area contributed by atoms with Crippen LogP contribution in [-0.4, -0.2) is 31.6 Å². The highest BCUT2D eigenvalue weighted by atomic mass is 19.3. The highest BCUT2D eigenvalue weighted by Crippen LogP contribution is 2.32. The standard InChI is InChI=1S/C12H20F2N2/c1-8-3-10(4-9-6-15-7-9)11(16-5-8)12(2,13)14/h4,8,10-11,15-16H,3,5-7H2,1-2H3. The Kier molecular flexibility index (Phi) is 3.31.